The van der Waals surface area contributed by atoms with Gasteiger partial charge in [-0.3, -0.25) is 9.59 Å². The summed E-state index contributed by atoms with van der Waals surface area (Å²) in [6.07, 6.45) is 0.188. The summed E-state index contributed by atoms with van der Waals surface area (Å²) in [6, 6.07) is 0. The second kappa shape index (κ2) is 10.0. The molecule has 6 nitrogen and oxygen atoms in total. The number of rotatable bonds is 9. The second-order valence-electron chi connectivity index (χ2n) is 3.36. The van der Waals surface area contributed by atoms with Crippen LogP contribution in [-0.4, -0.2) is 63.9 Å². The van der Waals surface area contributed by atoms with Crippen molar-refractivity contribution in [1.29, 1.82) is 0 Å². The maximum atomic E-state index is 11.6. The van der Waals surface area contributed by atoms with Crippen LogP contribution in [0.5, 0.6) is 0 Å². The van der Waals surface area contributed by atoms with Crippen molar-refractivity contribution < 1.29 is 23.8 Å². The predicted octanol–water partition coefficient (Wildman–Crippen LogP) is 0.0610. The Labute approximate surface area is 102 Å². The number of carbonyl (C=O) groups excluding carboxylic acids is 2. The Bertz CT molecular complexity index is 232. The van der Waals surface area contributed by atoms with Crippen LogP contribution in [-0.2, 0) is 23.8 Å². The number of nitrogens with zero attached hydrogens (tertiary/aromatic N) is 1. The molecular weight excluding hydrogens is 226 g/mol. The minimum absolute atomic E-state index is 0.00649. The molecule has 0 radical (unpaired) electrons. The molecule has 0 atom stereocenters. The van der Waals surface area contributed by atoms with Gasteiger partial charge >= 0.3 is 5.97 Å². The third-order valence-electron chi connectivity index (χ3n) is 2.08. The summed E-state index contributed by atoms with van der Waals surface area (Å²) in [5.74, 6) is -0.464. The average Bonchev–Trinajstić information content (AvgIpc) is 2.29. The molecule has 1 amide bonds. The molecule has 0 bridgehead atoms. The Morgan fingerprint density at radius 3 is 2.35 bits per heavy atom. The van der Waals surface area contributed by atoms with Crippen LogP contribution in [0.1, 0.15) is 13.3 Å². The van der Waals surface area contributed by atoms with Crippen molar-refractivity contribution in [2.24, 2.45) is 0 Å². The molecule has 6 heteroatoms. The van der Waals surface area contributed by atoms with Gasteiger partial charge in [-0.25, -0.2) is 0 Å². The molecule has 0 saturated heterocycles. The lowest BCUT2D eigenvalue weighted by atomic mass is 10.3. The van der Waals surface area contributed by atoms with Gasteiger partial charge in [0, 0.05) is 27.3 Å². The molecule has 0 aliphatic rings. The Morgan fingerprint density at radius 1 is 1.12 bits per heavy atom. The highest BCUT2D eigenvalue weighted by Crippen LogP contribution is 1.96. The van der Waals surface area contributed by atoms with Crippen molar-refractivity contribution >= 4 is 11.9 Å². The zero-order valence-corrected chi connectivity index (χ0v) is 10.7. The lowest BCUT2D eigenvalue weighted by Gasteiger charge is -2.21. The summed E-state index contributed by atoms with van der Waals surface area (Å²) in [4.78, 5) is 24.3. The first kappa shape index (κ1) is 15.9. The van der Waals surface area contributed by atoms with E-state index in [0.717, 1.165) is 0 Å². The van der Waals surface area contributed by atoms with Gasteiger partial charge in [-0.05, 0) is 6.92 Å². The maximum Gasteiger partial charge on any atom is 0.307 e. The van der Waals surface area contributed by atoms with E-state index in [2.05, 4.69) is 0 Å². The first-order valence-corrected chi connectivity index (χ1v) is 5.57. The molecule has 17 heavy (non-hydrogen) atoms. The number of carbonyl (C=O) groups is 2. The number of esters is 1. The van der Waals surface area contributed by atoms with Crippen molar-refractivity contribution in [3.63, 3.8) is 0 Å². The summed E-state index contributed by atoms with van der Waals surface area (Å²) in [5, 5.41) is 0. The monoisotopic (exact) mass is 247 g/mol. The van der Waals surface area contributed by atoms with Gasteiger partial charge in [0.15, 0.2) is 0 Å². The third-order valence-corrected chi connectivity index (χ3v) is 2.08. The number of ether oxygens (including phenoxy) is 3. The second-order valence-corrected chi connectivity index (χ2v) is 3.36. The van der Waals surface area contributed by atoms with Crippen LogP contribution in [0.3, 0.4) is 0 Å². The van der Waals surface area contributed by atoms with E-state index in [4.69, 9.17) is 14.2 Å². The molecule has 0 heterocycles. The van der Waals surface area contributed by atoms with E-state index < -0.39 is 0 Å². The topological polar surface area (TPSA) is 65.1 Å². The van der Waals surface area contributed by atoms with Crippen LogP contribution in [0.4, 0.5) is 0 Å². The molecule has 0 fully saturated rings. The summed E-state index contributed by atoms with van der Waals surface area (Å²) in [6.45, 7) is 3.30. The van der Waals surface area contributed by atoms with Crippen LogP contribution in [0, 0.1) is 0 Å². The molecule has 0 spiro atoms. The molecule has 0 rings (SSSR count). The standard InChI is InChI=1S/C11H21NO5/c1-4-17-11(14)5-6-12(7-8-15-2)10(13)9-16-3/h4-9H2,1-3H3. The quantitative estimate of drug-likeness (QED) is 0.539. The van der Waals surface area contributed by atoms with Crippen molar-refractivity contribution in [2.75, 3.05) is 47.1 Å². The van der Waals surface area contributed by atoms with Gasteiger partial charge in [0.05, 0.1) is 19.6 Å². The fraction of sp³-hybridized carbons (Fsp3) is 0.818. The Hall–Kier alpha value is -1.14. The number of hydrogen-bond acceptors (Lipinski definition) is 5. The number of methoxy groups -OCH3 is 2. The summed E-state index contributed by atoms with van der Waals surface area (Å²) < 4.78 is 14.5. The zero-order chi connectivity index (χ0) is 13.1. The largest absolute Gasteiger partial charge is 0.466 e. The van der Waals surface area contributed by atoms with E-state index in [1.165, 1.54) is 12.0 Å². The van der Waals surface area contributed by atoms with Crippen LogP contribution in [0.2, 0.25) is 0 Å². The fourth-order valence-corrected chi connectivity index (χ4v) is 1.24. The highest BCUT2D eigenvalue weighted by atomic mass is 16.5. The molecule has 0 saturated carbocycles. The van der Waals surface area contributed by atoms with Gasteiger partial charge in [0.2, 0.25) is 5.91 Å². The van der Waals surface area contributed by atoms with Crippen molar-refractivity contribution in [3.05, 3.63) is 0 Å². The van der Waals surface area contributed by atoms with E-state index in [-0.39, 0.29) is 24.9 Å². The molecule has 100 valence electrons. The average molecular weight is 247 g/mol. The lowest BCUT2D eigenvalue weighted by Crippen LogP contribution is -2.38. The first-order chi connectivity index (χ1) is 8.15. The van der Waals surface area contributed by atoms with Crippen LogP contribution >= 0.6 is 0 Å². The summed E-state index contributed by atoms with van der Waals surface area (Å²) >= 11 is 0. The molecule has 0 aromatic rings. The van der Waals surface area contributed by atoms with E-state index in [1.54, 1.807) is 14.0 Å². The van der Waals surface area contributed by atoms with Crippen molar-refractivity contribution in [2.45, 2.75) is 13.3 Å². The summed E-state index contributed by atoms with van der Waals surface area (Å²) in [7, 11) is 3.02. The molecule has 0 aromatic carbocycles. The molecule has 0 aliphatic heterocycles. The van der Waals surface area contributed by atoms with Gasteiger partial charge in [-0.15, -0.1) is 0 Å². The highest BCUT2D eigenvalue weighted by molar-refractivity contribution is 5.78. The minimum Gasteiger partial charge on any atom is -0.466 e. The molecule has 0 N–H and O–H groups in total. The predicted molar refractivity (Wildman–Crippen MR) is 61.6 cm³/mol. The van der Waals surface area contributed by atoms with Crippen LogP contribution < -0.4 is 0 Å². The van der Waals surface area contributed by atoms with E-state index in [1.807, 2.05) is 0 Å². The normalized spacial score (nSPS) is 10.1. The molecule has 0 unspecified atom stereocenters. The van der Waals surface area contributed by atoms with Gasteiger partial charge in [-0.1, -0.05) is 0 Å². The van der Waals surface area contributed by atoms with E-state index >= 15 is 0 Å². The third kappa shape index (κ3) is 7.70. The van der Waals surface area contributed by atoms with E-state index in [0.29, 0.717) is 26.3 Å². The van der Waals surface area contributed by atoms with Gasteiger partial charge in [0.1, 0.15) is 6.61 Å². The van der Waals surface area contributed by atoms with Gasteiger partial charge in [-0.2, -0.15) is 0 Å². The smallest absolute Gasteiger partial charge is 0.307 e. The van der Waals surface area contributed by atoms with Crippen molar-refractivity contribution in [1.82, 2.24) is 4.90 Å². The highest BCUT2D eigenvalue weighted by Gasteiger charge is 2.14. The maximum absolute atomic E-state index is 11.6. The minimum atomic E-state index is -0.305. The van der Waals surface area contributed by atoms with Crippen molar-refractivity contribution in [3.8, 4) is 0 Å². The Kier molecular flexibility index (Phi) is 9.37. The SMILES string of the molecule is CCOC(=O)CCN(CCOC)C(=O)COC. The summed E-state index contributed by atoms with van der Waals surface area (Å²) in [5.41, 5.74) is 0. The van der Waals surface area contributed by atoms with Crippen LogP contribution in [0.15, 0.2) is 0 Å². The molecule has 0 aliphatic carbocycles. The molecular formula is C11H21NO5. The van der Waals surface area contributed by atoms with Crippen LogP contribution in [0.25, 0.3) is 0 Å². The van der Waals surface area contributed by atoms with Gasteiger partial charge < -0.3 is 19.1 Å². The first-order valence-electron chi connectivity index (χ1n) is 5.57. The van der Waals surface area contributed by atoms with Gasteiger partial charge in [0.25, 0.3) is 0 Å². The lowest BCUT2D eigenvalue weighted by molar-refractivity contribution is -0.144. The number of hydrogen-bond donors (Lipinski definition) is 0. The Morgan fingerprint density at radius 2 is 1.82 bits per heavy atom. The molecule has 0 aromatic heterocycles. The fourth-order valence-electron chi connectivity index (χ4n) is 1.24. The Balaban J connectivity index is 4.08. The number of amides is 1. The zero-order valence-electron chi connectivity index (χ0n) is 10.7. The van der Waals surface area contributed by atoms with E-state index in [9.17, 15) is 9.59 Å².